The van der Waals surface area contributed by atoms with E-state index in [4.69, 9.17) is 5.73 Å². The molecule has 1 aromatic heterocycles. The van der Waals surface area contributed by atoms with E-state index in [1.807, 2.05) is 23.9 Å². The number of benzene rings is 1. The number of fused-ring (bicyclic) bond motifs is 1. The fraction of sp³-hybridized carbons (Fsp3) is 0.400. The summed E-state index contributed by atoms with van der Waals surface area (Å²) in [6.07, 6.45) is 3.16. The van der Waals surface area contributed by atoms with E-state index in [9.17, 15) is 0 Å². The molecule has 1 aromatic carbocycles. The zero-order chi connectivity index (χ0) is 13.4. The van der Waals surface area contributed by atoms with Crippen LogP contribution in [0.25, 0.3) is 0 Å². The summed E-state index contributed by atoms with van der Waals surface area (Å²) in [5, 5.41) is 4.40. The number of hydrogen-bond donors (Lipinski definition) is 1. The number of anilines is 1. The summed E-state index contributed by atoms with van der Waals surface area (Å²) in [4.78, 5) is 2.46. The molecule has 100 valence electrons. The van der Waals surface area contributed by atoms with Gasteiger partial charge in [0.25, 0.3) is 0 Å². The molecule has 2 N–H and O–H groups in total. The third-order valence-electron chi connectivity index (χ3n) is 3.89. The number of nitrogen functional groups attached to an aromatic ring is 1. The second kappa shape index (κ2) is 4.70. The maximum absolute atomic E-state index is 6.03. The van der Waals surface area contributed by atoms with Gasteiger partial charge in [-0.05, 0) is 30.5 Å². The minimum atomic E-state index is 0.940. The fourth-order valence-corrected chi connectivity index (χ4v) is 2.88. The average molecular weight is 256 g/mol. The van der Waals surface area contributed by atoms with Crippen molar-refractivity contribution >= 4 is 5.69 Å². The Labute approximate surface area is 113 Å². The van der Waals surface area contributed by atoms with Crippen molar-refractivity contribution in [3.05, 3.63) is 46.8 Å². The lowest BCUT2D eigenvalue weighted by molar-refractivity contribution is 0.245. The van der Waals surface area contributed by atoms with Crippen molar-refractivity contribution in [2.75, 3.05) is 12.3 Å². The van der Waals surface area contributed by atoms with Crippen LogP contribution in [0.4, 0.5) is 5.69 Å². The normalized spacial score (nSPS) is 15.5. The van der Waals surface area contributed by atoms with Gasteiger partial charge < -0.3 is 5.73 Å². The van der Waals surface area contributed by atoms with Crippen molar-refractivity contribution < 1.29 is 0 Å². The summed E-state index contributed by atoms with van der Waals surface area (Å²) >= 11 is 0. The largest absolute Gasteiger partial charge is 0.398 e. The molecule has 1 aliphatic heterocycles. The number of nitrogens with zero attached hydrogens (tertiary/aromatic N) is 3. The van der Waals surface area contributed by atoms with Crippen LogP contribution in [0.2, 0.25) is 0 Å². The lowest BCUT2D eigenvalue weighted by Gasteiger charge is -2.29. The lowest BCUT2D eigenvalue weighted by atomic mass is 9.98. The first-order valence-corrected chi connectivity index (χ1v) is 6.71. The molecule has 0 unspecified atom stereocenters. The Morgan fingerprint density at radius 3 is 2.95 bits per heavy atom. The van der Waals surface area contributed by atoms with E-state index in [1.165, 1.54) is 16.7 Å². The van der Waals surface area contributed by atoms with Gasteiger partial charge >= 0.3 is 0 Å². The van der Waals surface area contributed by atoms with E-state index < -0.39 is 0 Å². The van der Waals surface area contributed by atoms with Gasteiger partial charge in [-0.25, -0.2) is 0 Å². The minimum Gasteiger partial charge on any atom is -0.398 e. The number of nitrogens with two attached hydrogens (primary N) is 1. The highest BCUT2D eigenvalue weighted by atomic mass is 15.3. The van der Waals surface area contributed by atoms with Crippen molar-refractivity contribution in [2.45, 2.75) is 26.4 Å². The highest BCUT2D eigenvalue weighted by Crippen LogP contribution is 2.25. The Balaban J connectivity index is 1.77. The molecule has 0 atom stereocenters. The Morgan fingerprint density at radius 2 is 2.21 bits per heavy atom. The van der Waals surface area contributed by atoms with Crippen LogP contribution in [0.3, 0.4) is 0 Å². The maximum Gasteiger partial charge on any atom is 0.0638 e. The van der Waals surface area contributed by atoms with Gasteiger partial charge in [-0.1, -0.05) is 12.1 Å². The second-order valence-electron chi connectivity index (χ2n) is 5.36. The van der Waals surface area contributed by atoms with Crippen molar-refractivity contribution in [1.29, 1.82) is 0 Å². The smallest absolute Gasteiger partial charge is 0.0638 e. The Hall–Kier alpha value is -1.81. The maximum atomic E-state index is 6.03. The molecule has 19 heavy (non-hydrogen) atoms. The average Bonchev–Trinajstić information content (AvgIpc) is 2.68. The Morgan fingerprint density at radius 1 is 1.37 bits per heavy atom. The zero-order valence-electron chi connectivity index (χ0n) is 11.6. The fourth-order valence-electron chi connectivity index (χ4n) is 2.88. The molecule has 0 saturated carbocycles. The van der Waals surface area contributed by atoms with Gasteiger partial charge in [0.2, 0.25) is 0 Å². The van der Waals surface area contributed by atoms with Gasteiger partial charge in [-0.2, -0.15) is 5.10 Å². The van der Waals surface area contributed by atoms with Crippen molar-refractivity contribution in [2.24, 2.45) is 7.05 Å². The quantitative estimate of drug-likeness (QED) is 0.834. The van der Waals surface area contributed by atoms with E-state index in [0.717, 1.165) is 37.4 Å². The standard InChI is InChI=1S/C15H20N4/c1-11-13(8-18(2)17-11)10-19-7-6-14-12(9-19)4-3-5-15(14)16/h3-5,8H,6-7,9-10,16H2,1-2H3. The number of aromatic nitrogens is 2. The summed E-state index contributed by atoms with van der Waals surface area (Å²) in [6, 6.07) is 6.24. The number of rotatable bonds is 2. The molecule has 0 saturated heterocycles. The monoisotopic (exact) mass is 256 g/mol. The topological polar surface area (TPSA) is 47.1 Å². The summed E-state index contributed by atoms with van der Waals surface area (Å²) in [6.45, 7) is 5.09. The zero-order valence-corrected chi connectivity index (χ0v) is 11.6. The molecule has 0 amide bonds. The highest BCUT2D eigenvalue weighted by Gasteiger charge is 2.18. The summed E-state index contributed by atoms with van der Waals surface area (Å²) in [7, 11) is 1.97. The van der Waals surface area contributed by atoms with Gasteiger partial charge in [0, 0.05) is 44.1 Å². The second-order valence-corrected chi connectivity index (χ2v) is 5.36. The first-order valence-electron chi connectivity index (χ1n) is 6.71. The van der Waals surface area contributed by atoms with Crippen LogP contribution in [-0.2, 0) is 26.6 Å². The summed E-state index contributed by atoms with van der Waals surface area (Å²) in [5.41, 5.74) is 12.1. The summed E-state index contributed by atoms with van der Waals surface area (Å²) in [5.74, 6) is 0. The number of aryl methyl sites for hydroxylation is 2. The van der Waals surface area contributed by atoms with Crippen LogP contribution >= 0.6 is 0 Å². The van der Waals surface area contributed by atoms with Crippen LogP contribution < -0.4 is 5.73 Å². The molecule has 0 radical (unpaired) electrons. The van der Waals surface area contributed by atoms with Gasteiger partial charge in [-0.3, -0.25) is 9.58 Å². The molecule has 0 aliphatic carbocycles. The van der Waals surface area contributed by atoms with E-state index in [2.05, 4.69) is 29.2 Å². The first kappa shape index (κ1) is 12.2. The molecule has 0 spiro atoms. The van der Waals surface area contributed by atoms with Crippen LogP contribution in [-0.4, -0.2) is 21.2 Å². The molecule has 3 rings (SSSR count). The molecule has 4 heteroatoms. The van der Waals surface area contributed by atoms with Gasteiger partial charge in [0.1, 0.15) is 0 Å². The highest BCUT2D eigenvalue weighted by molar-refractivity contribution is 5.51. The molecule has 2 aromatic rings. The first-order chi connectivity index (χ1) is 9.13. The van der Waals surface area contributed by atoms with Crippen molar-refractivity contribution in [1.82, 2.24) is 14.7 Å². The van der Waals surface area contributed by atoms with Gasteiger partial charge in [0.15, 0.2) is 0 Å². The van der Waals surface area contributed by atoms with Gasteiger partial charge in [-0.15, -0.1) is 0 Å². The van der Waals surface area contributed by atoms with E-state index >= 15 is 0 Å². The van der Waals surface area contributed by atoms with Gasteiger partial charge in [0.05, 0.1) is 5.69 Å². The molecule has 0 fully saturated rings. The minimum absolute atomic E-state index is 0.940. The molecule has 0 bridgehead atoms. The molecule has 2 heterocycles. The Kier molecular flexibility index (Phi) is 3.03. The summed E-state index contributed by atoms with van der Waals surface area (Å²) < 4.78 is 1.89. The molecule has 4 nitrogen and oxygen atoms in total. The van der Waals surface area contributed by atoms with E-state index in [-0.39, 0.29) is 0 Å². The SMILES string of the molecule is Cc1nn(C)cc1CN1CCc2c(N)cccc2C1. The molecular formula is C15H20N4. The molecular weight excluding hydrogens is 236 g/mol. The number of hydrogen-bond acceptors (Lipinski definition) is 3. The Bertz CT molecular complexity index is 600. The predicted octanol–water partition coefficient (Wildman–Crippen LogP) is 1.87. The van der Waals surface area contributed by atoms with Crippen LogP contribution in [0, 0.1) is 6.92 Å². The van der Waals surface area contributed by atoms with Crippen LogP contribution in [0.1, 0.15) is 22.4 Å². The predicted molar refractivity (Wildman–Crippen MR) is 76.6 cm³/mol. The van der Waals surface area contributed by atoms with Crippen LogP contribution in [0.15, 0.2) is 24.4 Å². The molecule has 1 aliphatic rings. The third kappa shape index (κ3) is 2.36. The lowest BCUT2D eigenvalue weighted by Crippen LogP contribution is -2.30. The third-order valence-corrected chi connectivity index (χ3v) is 3.89. The van der Waals surface area contributed by atoms with Crippen molar-refractivity contribution in [3.63, 3.8) is 0 Å². The van der Waals surface area contributed by atoms with E-state index in [1.54, 1.807) is 0 Å². The van der Waals surface area contributed by atoms with Crippen LogP contribution in [0.5, 0.6) is 0 Å². The van der Waals surface area contributed by atoms with E-state index in [0.29, 0.717) is 0 Å². The van der Waals surface area contributed by atoms with Crippen molar-refractivity contribution in [3.8, 4) is 0 Å².